The standard InChI is InChI=1S/C19H32FNO2.ClH/c1-2-3-4-5-6-15-23-18-9-7-17(8-10-18)11-12-19(21,16-22)13-14-20;/h7-10,22H,2-6,11-16,21H2,1H3;1H. The van der Waals surface area contributed by atoms with Crippen LogP contribution in [0.15, 0.2) is 24.3 Å². The Hall–Kier alpha value is -0.840. The average molecular weight is 362 g/mol. The third-order valence-corrected chi connectivity index (χ3v) is 4.26. The molecule has 1 aromatic rings. The van der Waals surface area contributed by atoms with Gasteiger partial charge in [-0.05, 0) is 43.4 Å². The molecule has 0 aliphatic heterocycles. The van der Waals surface area contributed by atoms with Gasteiger partial charge in [0.25, 0.3) is 0 Å². The average Bonchev–Trinajstić information content (AvgIpc) is 2.57. The Balaban J connectivity index is 0.00000529. The molecule has 0 spiro atoms. The van der Waals surface area contributed by atoms with E-state index in [0.717, 1.165) is 30.8 Å². The minimum Gasteiger partial charge on any atom is -0.494 e. The van der Waals surface area contributed by atoms with E-state index in [9.17, 15) is 9.50 Å². The third-order valence-electron chi connectivity index (χ3n) is 4.26. The first-order chi connectivity index (χ1) is 11.1. The number of alkyl halides is 1. The van der Waals surface area contributed by atoms with Crippen molar-refractivity contribution >= 4 is 12.4 Å². The summed E-state index contributed by atoms with van der Waals surface area (Å²) in [4.78, 5) is 0. The minimum atomic E-state index is -0.817. The first-order valence-electron chi connectivity index (χ1n) is 8.81. The van der Waals surface area contributed by atoms with Gasteiger partial charge in [0.2, 0.25) is 0 Å². The van der Waals surface area contributed by atoms with Crippen molar-refractivity contribution in [2.24, 2.45) is 5.73 Å². The predicted octanol–water partition coefficient (Wildman–Crippen LogP) is 4.44. The maximum Gasteiger partial charge on any atom is 0.119 e. The van der Waals surface area contributed by atoms with Gasteiger partial charge < -0.3 is 15.6 Å². The minimum absolute atomic E-state index is 0. The van der Waals surface area contributed by atoms with E-state index >= 15 is 0 Å². The van der Waals surface area contributed by atoms with Crippen LogP contribution in [0.3, 0.4) is 0 Å². The Kier molecular flexibility index (Phi) is 13.0. The molecule has 0 saturated heterocycles. The number of rotatable bonds is 13. The van der Waals surface area contributed by atoms with Gasteiger partial charge >= 0.3 is 0 Å². The Morgan fingerprint density at radius 2 is 1.75 bits per heavy atom. The smallest absolute Gasteiger partial charge is 0.119 e. The summed E-state index contributed by atoms with van der Waals surface area (Å²) in [5, 5.41) is 9.30. The van der Waals surface area contributed by atoms with E-state index in [2.05, 4.69) is 6.92 Å². The fourth-order valence-corrected chi connectivity index (χ4v) is 2.51. The molecule has 0 radical (unpaired) electrons. The summed E-state index contributed by atoms with van der Waals surface area (Å²) in [6, 6.07) is 7.96. The van der Waals surface area contributed by atoms with Gasteiger partial charge in [-0.25, -0.2) is 0 Å². The molecule has 5 heteroatoms. The fourth-order valence-electron chi connectivity index (χ4n) is 2.51. The van der Waals surface area contributed by atoms with Crippen LogP contribution in [0.5, 0.6) is 5.75 Å². The molecule has 1 unspecified atom stereocenters. The molecular weight excluding hydrogens is 329 g/mol. The van der Waals surface area contributed by atoms with Crippen molar-refractivity contribution in [3.8, 4) is 5.75 Å². The highest BCUT2D eigenvalue weighted by molar-refractivity contribution is 5.85. The summed E-state index contributed by atoms with van der Waals surface area (Å²) < 4.78 is 18.2. The van der Waals surface area contributed by atoms with E-state index in [1.165, 1.54) is 25.7 Å². The lowest BCUT2D eigenvalue weighted by atomic mass is 9.90. The Bertz CT molecular complexity index is 416. The molecule has 1 atom stereocenters. The zero-order valence-electron chi connectivity index (χ0n) is 14.8. The van der Waals surface area contributed by atoms with Crippen molar-refractivity contribution in [2.45, 2.75) is 63.8 Å². The maximum atomic E-state index is 12.5. The molecular formula is C19H33ClFNO2. The van der Waals surface area contributed by atoms with E-state index in [-0.39, 0.29) is 25.4 Å². The van der Waals surface area contributed by atoms with Gasteiger partial charge in [0, 0.05) is 5.54 Å². The van der Waals surface area contributed by atoms with Crippen LogP contribution < -0.4 is 10.5 Å². The largest absolute Gasteiger partial charge is 0.494 e. The van der Waals surface area contributed by atoms with Crippen molar-refractivity contribution in [3.05, 3.63) is 29.8 Å². The van der Waals surface area contributed by atoms with E-state index in [4.69, 9.17) is 10.5 Å². The third kappa shape index (κ3) is 9.45. The van der Waals surface area contributed by atoms with Crippen molar-refractivity contribution in [3.63, 3.8) is 0 Å². The number of aliphatic hydroxyl groups is 1. The quantitative estimate of drug-likeness (QED) is 0.511. The van der Waals surface area contributed by atoms with Crippen molar-refractivity contribution < 1.29 is 14.2 Å². The van der Waals surface area contributed by atoms with Gasteiger partial charge in [-0.3, -0.25) is 4.39 Å². The van der Waals surface area contributed by atoms with Gasteiger partial charge in [0.05, 0.1) is 19.9 Å². The molecule has 0 fully saturated rings. The van der Waals surface area contributed by atoms with Gasteiger partial charge in [-0.1, -0.05) is 44.7 Å². The van der Waals surface area contributed by atoms with E-state index < -0.39 is 12.2 Å². The number of hydrogen-bond donors (Lipinski definition) is 2. The SMILES string of the molecule is CCCCCCCOc1ccc(CCC(N)(CO)CCF)cc1.Cl. The summed E-state index contributed by atoms with van der Waals surface area (Å²) in [6.07, 6.45) is 7.66. The van der Waals surface area contributed by atoms with Gasteiger partial charge in [0.1, 0.15) is 5.75 Å². The van der Waals surface area contributed by atoms with E-state index in [1.807, 2.05) is 24.3 Å². The molecule has 0 heterocycles. The second-order valence-electron chi connectivity index (χ2n) is 6.37. The highest BCUT2D eigenvalue weighted by atomic mass is 35.5. The number of aryl methyl sites for hydroxylation is 1. The molecule has 1 aromatic carbocycles. The number of unbranched alkanes of at least 4 members (excludes halogenated alkanes) is 4. The Morgan fingerprint density at radius 3 is 2.33 bits per heavy atom. The summed E-state index contributed by atoms with van der Waals surface area (Å²) in [5.41, 5.74) is 6.30. The Morgan fingerprint density at radius 1 is 1.08 bits per heavy atom. The lowest BCUT2D eigenvalue weighted by molar-refractivity contribution is 0.169. The van der Waals surface area contributed by atoms with Gasteiger partial charge in [0.15, 0.2) is 0 Å². The molecule has 3 N–H and O–H groups in total. The molecule has 0 aliphatic carbocycles. The molecule has 0 bridgehead atoms. The number of ether oxygens (including phenoxy) is 1. The molecule has 3 nitrogen and oxygen atoms in total. The number of nitrogens with two attached hydrogens (primary N) is 1. The zero-order valence-corrected chi connectivity index (χ0v) is 15.6. The van der Waals surface area contributed by atoms with Crippen LogP contribution in [0, 0.1) is 0 Å². The van der Waals surface area contributed by atoms with Crippen LogP contribution in [0.1, 0.15) is 57.4 Å². The normalized spacial score (nSPS) is 13.2. The van der Waals surface area contributed by atoms with E-state index in [1.54, 1.807) is 0 Å². The summed E-state index contributed by atoms with van der Waals surface area (Å²) >= 11 is 0. The molecule has 0 aliphatic rings. The monoisotopic (exact) mass is 361 g/mol. The number of halogens is 2. The molecule has 1 rings (SSSR count). The molecule has 24 heavy (non-hydrogen) atoms. The van der Waals surface area contributed by atoms with Gasteiger partial charge in [-0.2, -0.15) is 0 Å². The molecule has 140 valence electrons. The first-order valence-corrected chi connectivity index (χ1v) is 8.81. The van der Waals surface area contributed by atoms with Crippen LogP contribution in [0.4, 0.5) is 4.39 Å². The summed E-state index contributed by atoms with van der Waals surface area (Å²) in [7, 11) is 0. The fraction of sp³-hybridized carbons (Fsp3) is 0.684. The summed E-state index contributed by atoms with van der Waals surface area (Å²) in [5.74, 6) is 0.883. The second-order valence-corrected chi connectivity index (χ2v) is 6.37. The highest BCUT2D eigenvalue weighted by Crippen LogP contribution is 2.18. The van der Waals surface area contributed by atoms with Crippen LogP contribution in [-0.2, 0) is 6.42 Å². The Labute approximate surface area is 152 Å². The molecule has 0 amide bonds. The highest BCUT2D eigenvalue weighted by Gasteiger charge is 2.23. The molecule has 0 saturated carbocycles. The lowest BCUT2D eigenvalue weighted by Crippen LogP contribution is -2.44. The van der Waals surface area contributed by atoms with Crippen molar-refractivity contribution in [1.29, 1.82) is 0 Å². The topological polar surface area (TPSA) is 55.5 Å². The van der Waals surface area contributed by atoms with Crippen LogP contribution in [0.2, 0.25) is 0 Å². The number of benzene rings is 1. The molecule has 0 aromatic heterocycles. The van der Waals surface area contributed by atoms with Crippen LogP contribution >= 0.6 is 12.4 Å². The van der Waals surface area contributed by atoms with Crippen molar-refractivity contribution in [1.82, 2.24) is 0 Å². The van der Waals surface area contributed by atoms with E-state index in [0.29, 0.717) is 6.42 Å². The first kappa shape index (κ1) is 23.2. The number of aliphatic hydroxyl groups excluding tert-OH is 1. The van der Waals surface area contributed by atoms with Crippen LogP contribution in [0.25, 0.3) is 0 Å². The summed E-state index contributed by atoms with van der Waals surface area (Å²) in [6.45, 7) is 2.29. The zero-order chi connectivity index (χ0) is 17.0. The van der Waals surface area contributed by atoms with Crippen LogP contribution in [-0.4, -0.2) is 30.5 Å². The van der Waals surface area contributed by atoms with Crippen molar-refractivity contribution in [2.75, 3.05) is 19.9 Å². The number of hydrogen-bond acceptors (Lipinski definition) is 3. The van der Waals surface area contributed by atoms with Gasteiger partial charge in [-0.15, -0.1) is 12.4 Å². The predicted molar refractivity (Wildman–Crippen MR) is 101 cm³/mol. The lowest BCUT2D eigenvalue weighted by Gasteiger charge is -2.26. The second kappa shape index (κ2) is 13.5. The maximum absolute atomic E-state index is 12.5.